The van der Waals surface area contributed by atoms with Crippen LogP contribution in [0.1, 0.15) is 11.6 Å². The van der Waals surface area contributed by atoms with E-state index in [4.69, 9.17) is 14.3 Å². The highest BCUT2D eigenvalue weighted by Gasteiger charge is 2.47. The Labute approximate surface area is 188 Å². The number of piperazine rings is 1. The number of methoxy groups -OCH3 is 2. The Morgan fingerprint density at radius 3 is 2.38 bits per heavy atom. The minimum absolute atomic E-state index is 0.0391. The molecule has 32 heavy (non-hydrogen) atoms. The SMILES string of the molecule is COc1cccc([C@H]2[C@@H](S(=O)(=O)N3CCN(c4ccccc4F)CC3)CON2C)c1OC. The van der Waals surface area contributed by atoms with Crippen molar-refractivity contribution in [3.8, 4) is 11.5 Å². The zero-order valence-electron chi connectivity index (χ0n) is 18.4. The molecule has 2 aliphatic heterocycles. The molecule has 0 bridgehead atoms. The second-order valence-corrected chi connectivity index (χ2v) is 9.94. The molecule has 0 unspecified atom stereocenters. The van der Waals surface area contributed by atoms with Crippen LogP contribution in [0.4, 0.5) is 10.1 Å². The zero-order valence-corrected chi connectivity index (χ0v) is 19.2. The van der Waals surface area contributed by atoms with Crippen LogP contribution in [0.5, 0.6) is 11.5 Å². The number of nitrogens with zero attached hydrogens (tertiary/aromatic N) is 3. The van der Waals surface area contributed by atoms with Gasteiger partial charge in [-0.15, -0.1) is 0 Å². The topological polar surface area (TPSA) is 71.6 Å². The number of hydrogen-bond donors (Lipinski definition) is 0. The lowest BCUT2D eigenvalue weighted by Crippen LogP contribution is -2.52. The van der Waals surface area contributed by atoms with Gasteiger partial charge in [-0.2, -0.15) is 9.37 Å². The van der Waals surface area contributed by atoms with Crippen molar-refractivity contribution in [2.75, 3.05) is 59.0 Å². The number of rotatable bonds is 6. The van der Waals surface area contributed by atoms with E-state index >= 15 is 0 Å². The summed E-state index contributed by atoms with van der Waals surface area (Å²) in [4.78, 5) is 7.54. The largest absolute Gasteiger partial charge is 0.493 e. The van der Waals surface area contributed by atoms with E-state index in [1.54, 1.807) is 49.6 Å². The minimum atomic E-state index is -3.70. The maximum atomic E-state index is 14.1. The third kappa shape index (κ3) is 4.03. The van der Waals surface area contributed by atoms with Crippen LogP contribution in [0.15, 0.2) is 42.5 Å². The number of halogens is 1. The van der Waals surface area contributed by atoms with Gasteiger partial charge in [-0.1, -0.05) is 24.3 Å². The number of benzene rings is 2. The molecule has 8 nitrogen and oxygen atoms in total. The van der Waals surface area contributed by atoms with E-state index in [-0.39, 0.29) is 25.5 Å². The van der Waals surface area contributed by atoms with Gasteiger partial charge in [0.25, 0.3) is 0 Å². The van der Waals surface area contributed by atoms with Gasteiger partial charge in [-0.25, -0.2) is 12.8 Å². The highest BCUT2D eigenvalue weighted by Crippen LogP contribution is 2.43. The van der Waals surface area contributed by atoms with Crippen molar-refractivity contribution < 1.29 is 27.1 Å². The Hall–Kier alpha value is -2.40. The zero-order chi connectivity index (χ0) is 22.9. The van der Waals surface area contributed by atoms with Gasteiger partial charge in [-0.05, 0) is 18.2 Å². The molecule has 2 saturated heterocycles. The fourth-order valence-electron chi connectivity index (χ4n) is 4.47. The van der Waals surface area contributed by atoms with Gasteiger partial charge >= 0.3 is 0 Å². The highest BCUT2D eigenvalue weighted by atomic mass is 32.2. The van der Waals surface area contributed by atoms with Crippen LogP contribution in [0.3, 0.4) is 0 Å². The molecule has 2 fully saturated rings. The standard InChI is InChI=1S/C22H28FN3O5S/c1-24-21(16-7-6-10-19(29-2)22(16)30-3)20(15-31-24)32(27,28)26-13-11-25(12-14-26)18-9-5-4-8-17(18)23/h4-10,20-21H,11-15H2,1-3H3/t20-,21-/m0/s1. The average Bonchev–Trinajstić information content (AvgIpc) is 3.20. The normalized spacial score (nSPS) is 22.8. The van der Waals surface area contributed by atoms with Crippen LogP contribution in [0, 0.1) is 5.82 Å². The Morgan fingerprint density at radius 1 is 1.00 bits per heavy atom. The molecule has 0 aromatic heterocycles. The molecule has 0 saturated carbocycles. The third-order valence-electron chi connectivity index (χ3n) is 6.11. The lowest BCUT2D eigenvalue weighted by Gasteiger charge is -2.37. The first-order chi connectivity index (χ1) is 15.4. The number of ether oxygens (including phenoxy) is 2. The summed E-state index contributed by atoms with van der Waals surface area (Å²) < 4.78 is 53.8. The van der Waals surface area contributed by atoms with Gasteiger partial charge in [0, 0.05) is 38.8 Å². The van der Waals surface area contributed by atoms with Crippen molar-refractivity contribution in [1.29, 1.82) is 0 Å². The van der Waals surface area contributed by atoms with Crippen LogP contribution in [0.25, 0.3) is 0 Å². The van der Waals surface area contributed by atoms with Crippen LogP contribution < -0.4 is 14.4 Å². The first kappa shape index (κ1) is 22.8. The van der Waals surface area contributed by atoms with Gasteiger partial charge in [0.15, 0.2) is 11.5 Å². The number of anilines is 1. The predicted molar refractivity (Wildman–Crippen MR) is 119 cm³/mol. The molecule has 0 N–H and O–H groups in total. The second-order valence-electron chi connectivity index (χ2n) is 7.79. The first-order valence-corrected chi connectivity index (χ1v) is 11.9. The Morgan fingerprint density at radius 2 is 1.72 bits per heavy atom. The molecule has 0 amide bonds. The van der Waals surface area contributed by atoms with E-state index < -0.39 is 21.3 Å². The summed E-state index contributed by atoms with van der Waals surface area (Å²) in [5.41, 5.74) is 1.18. The average molecular weight is 466 g/mol. The lowest BCUT2D eigenvalue weighted by molar-refractivity contribution is -0.110. The monoisotopic (exact) mass is 465 g/mol. The van der Waals surface area contributed by atoms with E-state index in [9.17, 15) is 12.8 Å². The predicted octanol–water partition coefficient (Wildman–Crippen LogP) is 2.28. The number of hydrogen-bond acceptors (Lipinski definition) is 7. The van der Waals surface area contributed by atoms with Crippen LogP contribution in [-0.2, 0) is 14.9 Å². The van der Waals surface area contributed by atoms with Crippen molar-refractivity contribution in [2.24, 2.45) is 0 Å². The first-order valence-electron chi connectivity index (χ1n) is 10.4. The maximum Gasteiger partial charge on any atom is 0.221 e. The van der Waals surface area contributed by atoms with E-state index in [0.717, 1.165) is 0 Å². The van der Waals surface area contributed by atoms with E-state index in [0.29, 0.717) is 35.8 Å². The summed E-state index contributed by atoms with van der Waals surface area (Å²) >= 11 is 0. The number of para-hydroxylation sites is 2. The summed E-state index contributed by atoms with van der Waals surface area (Å²) in [6.45, 7) is 1.42. The number of sulfonamides is 1. The molecule has 10 heteroatoms. The van der Waals surface area contributed by atoms with Crippen molar-refractivity contribution in [3.63, 3.8) is 0 Å². The Bertz CT molecular complexity index is 1060. The molecule has 0 aliphatic carbocycles. The summed E-state index contributed by atoms with van der Waals surface area (Å²) in [5, 5.41) is 0.753. The summed E-state index contributed by atoms with van der Waals surface area (Å²) in [7, 11) is 1.09. The minimum Gasteiger partial charge on any atom is -0.493 e. The molecule has 174 valence electrons. The van der Waals surface area contributed by atoms with Crippen molar-refractivity contribution in [1.82, 2.24) is 9.37 Å². The molecular formula is C22H28FN3O5S. The van der Waals surface area contributed by atoms with Gasteiger partial charge in [0.05, 0.1) is 32.6 Å². The quantitative estimate of drug-likeness (QED) is 0.648. The summed E-state index contributed by atoms with van der Waals surface area (Å²) in [5.74, 6) is 0.710. The van der Waals surface area contributed by atoms with Gasteiger partial charge < -0.3 is 14.4 Å². The van der Waals surface area contributed by atoms with Crippen molar-refractivity contribution in [3.05, 3.63) is 53.8 Å². The summed E-state index contributed by atoms with van der Waals surface area (Å²) in [6.07, 6.45) is 0. The van der Waals surface area contributed by atoms with Crippen molar-refractivity contribution >= 4 is 15.7 Å². The molecule has 2 aromatic rings. The summed E-state index contributed by atoms with van der Waals surface area (Å²) in [6, 6.07) is 11.4. The van der Waals surface area contributed by atoms with E-state index in [1.165, 1.54) is 17.5 Å². The fraction of sp³-hybridized carbons (Fsp3) is 0.455. The number of hydroxylamine groups is 2. The molecule has 4 rings (SSSR count). The Balaban J connectivity index is 1.57. The molecule has 2 heterocycles. The van der Waals surface area contributed by atoms with E-state index in [2.05, 4.69) is 0 Å². The Kier molecular flexibility index (Phi) is 6.57. The fourth-order valence-corrected chi connectivity index (χ4v) is 6.40. The van der Waals surface area contributed by atoms with Crippen LogP contribution >= 0.6 is 0 Å². The smallest absolute Gasteiger partial charge is 0.221 e. The second kappa shape index (κ2) is 9.22. The van der Waals surface area contributed by atoms with Gasteiger partial charge in [0.2, 0.25) is 10.0 Å². The highest BCUT2D eigenvalue weighted by molar-refractivity contribution is 7.89. The van der Waals surface area contributed by atoms with E-state index in [1.807, 2.05) is 11.0 Å². The molecule has 0 spiro atoms. The van der Waals surface area contributed by atoms with Crippen molar-refractivity contribution in [2.45, 2.75) is 11.3 Å². The van der Waals surface area contributed by atoms with Crippen LogP contribution in [0.2, 0.25) is 0 Å². The maximum absolute atomic E-state index is 14.1. The molecular weight excluding hydrogens is 437 g/mol. The molecule has 2 aromatic carbocycles. The molecule has 2 atom stereocenters. The van der Waals surface area contributed by atoms with Gasteiger partial charge in [-0.3, -0.25) is 4.84 Å². The lowest BCUT2D eigenvalue weighted by atomic mass is 10.0. The molecule has 0 radical (unpaired) electrons. The van der Waals surface area contributed by atoms with Crippen LogP contribution in [-0.4, -0.2) is 77.1 Å². The third-order valence-corrected chi connectivity index (χ3v) is 8.36. The molecule has 2 aliphatic rings. The van der Waals surface area contributed by atoms with Gasteiger partial charge in [0.1, 0.15) is 11.1 Å².